The van der Waals surface area contributed by atoms with Gasteiger partial charge in [-0.1, -0.05) is 16.9 Å². The van der Waals surface area contributed by atoms with Gasteiger partial charge in [-0.3, -0.25) is 4.79 Å². The largest absolute Gasteiger partial charge is 0.360 e. The Morgan fingerprint density at radius 1 is 1.56 bits per heavy atom. The molecule has 2 aromatic heterocycles. The first-order chi connectivity index (χ1) is 8.56. The van der Waals surface area contributed by atoms with Crippen molar-refractivity contribution in [3.05, 3.63) is 17.7 Å². The quantitative estimate of drug-likeness (QED) is 0.607. The van der Waals surface area contributed by atoms with Gasteiger partial charge >= 0.3 is 0 Å². The minimum absolute atomic E-state index is 0.168. The van der Waals surface area contributed by atoms with Crippen molar-refractivity contribution in [2.24, 2.45) is 0 Å². The van der Waals surface area contributed by atoms with Gasteiger partial charge in [-0.05, 0) is 13.8 Å². The van der Waals surface area contributed by atoms with Crippen molar-refractivity contribution in [1.29, 1.82) is 0 Å². The van der Waals surface area contributed by atoms with Gasteiger partial charge in [0.15, 0.2) is 5.82 Å². The minimum Gasteiger partial charge on any atom is -0.360 e. The van der Waals surface area contributed by atoms with Crippen molar-refractivity contribution < 1.29 is 9.32 Å². The van der Waals surface area contributed by atoms with Crippen molar-refractivity contribution in [3.8, 4) is 0 Å². The summed E-state index contributed by atoms with van der Waals surface area (Å²) in [6.07, 6.45) is 0. The molecule has 2 aromatic rings. The first-order valence-electron chi connectivity index (χ1n) is 5.09. The van der Waals surface area contributed by atoms with Gasteiger partial charge in [-0.15, -0.1) is 10.2 Å². The molecule has 9 heteroatoms. The van der Waals surface area contributed by atoms with Crippen molar-refractivity contribution in [2.45, 2.75) is 19.0 Å². The molecule has 8 nitrogen and oxygen atoms in total. The van der Waals surface area contributed by atoms with Crippen LogP contribution in [-0.4, -0.2) is 31.7 Å². The number of rotatable bonds is 4. The molecule has 0 atom stereocenters. The first kappa shape index (κ1) is 12.4. The monoisotopic (exact) mass is 268 g/mol. The third-order valence-corrected chi connectivity index (χ3v) is 3.01. The van der Waals surface area contributed by atoms with E-state index in [9.17, 15) is 4.79 Å². The smallest absolute Gasteiger partial charge is 0.236 e. The van der Waals surface area contributed by atoms with E-state index in [1.54, 1.807) is 19.9 Å². The third kappa shape index (κ3) is 2.80. The number of nitrogens with zero attached hydrogens (tertiary/aromatic N) is 4. The Bertz CT molecular complexity index is 563. The van der Waals surface area contributed by atoms with Crippen LogP contribution in [0.4, 0.5) is 5.82 Å². The summed E-state index contributed by atoms with van der Waals surface area (Å²) in [5, 5.41) is 14.4. The number of hydrogen-bond donors (Lipinski definition) is 2. The Labute approximate surface area is 107 Å². The lowest BCUT2D eigenvalue weighted by Crippen LogP contribution is -2.16. The van der Waals surface area contributed by atoms with Crippen LogP contribution in [0.1, 0.15) is 11.6 Å². The second-order valence-electron chi connectivity index (χ2n) is 3.56. The van der Waals surface area contributed by atoms with Gasteiger partial charge in [0.1, 0.15) is 11.6 Å². The number of aromatic nitrogens is 4. The van der Waals surface area contributed by atoms with E-state index in [0.717, 1.165) is 0 Å². The molecular weight excluding hydrogens is 256 g/mol. The summed E-state index contributed by atoms with van der Waals surface area (Å²) in [6, 6.07) is 1.64. The molecule has 2 rings (SSSR count). The van der Waals surface area contributed by atoms with Crippen molar-refractivity contribution >= 4 is 23.5 Å². The van der Waals surface area contributed by atoms with Gasteiger partial charge in [0.05, 0.1) is 5.75 Å². The molecule has 0 aliphatic rings. The summed E-state index contributed by atoms with van der Waals surface area (Å²) < 4.78 is 6.16. The summed E-state index contributed by atoms with van der Waals surface area (Å²) >= 11 is 1.20. The van der Waals surface area contributed by atoms with Crippen LogP contribution in [0.15, 0.2) is 15.7 Å². The summed E-state index contributed by atoms with van der Waals surface area (Å²) in [4.78, 5) is 11.6. The topological polar surface area (TPSA) is 112 Å². The van der Waals surface area contributed by atoms with Crippen LogP contribution in [0.3, 0.4) is 0 Å². The van der Waals surface area contributed by atoms with E-state index >= 15 is 0 Å². The number of carbonyl (C=O) groups excluding carboxylic acids is 1. The lowest BCUT2D eigenvalue weighted by atomic mass is 10.5. The van der Waals surface area contributed by atoms with E-state index in [-0.39, 0.29) is 11.7 Å². The van der Waals surface area contributed by atoms with Crippen LogP contribution in [0, 0.1) is 13.8 Å². The van der Waals surface area contributed by atoms with E-state index in [2.05, 4.69) is 20.7 Å². The molecule has 0 saturated carbocycles. The zero-order chi connectivity index (χ0) is 13.1. The molecule has 0 fully saturated rings. The van der Waals surface area contributed by atoms with Crippen LogP contribution in [0.25, 0.3) is 0 Å². The number of aryl methyl sites for hydroxylation is 2. The van der Waals surface area contributed by atoms with Crippen molar-refractivity contribution in [1.82, 2.24) is 20.0 Å². The minimum atomic E-state index is -0.214. The fourth-order valence-corrected chi connectivity index (χ4v) is 1.88. The lowest BCUT2D eigenvalue weighted by molar-refractivity contribution is -0.113. The van der Waals surface area contributed by atoms with Gasteiger partial charge < -0.3 is 15.7 Å². The van der Waals surface area contributed by atoms with Crippen LogP contribution in [0.5, 0.6) is 0 Å². The van der Waals surface area contributed by atoms with Crippen LogP contribution < -0.4 is 11.2 Å². The van der Waals surface area contributed by atoms with E-state index in [1.165, 1.54) is 16.4 Å². The lowest BCUT2D eigenvalue weighted by Gasteiger charge is -2.01. The molecule has 3 N–H and O–H groups in total. The number of thioether (sulfide) groups is 1. The second kappa shape index (κ2) is 5.08. The maximum Gasteiger partial charge on any atom is 0.236 e. The molecule has 18 heavy (non-hydrogen) atoms. The second-order valence-corrected chi connectivity index (χ2v) is 4.50. The molecular formula is C9H12N6O2S. The van der Waals surface area contributed by atoms with Gasteiger partial charge in [0.25, 0.3) is 0 Å². The van der Waals surface area contributed by atoms with Gasteiger partial charge in [0, 0.05) is 6.07 Å². The molecule has 2 heterocycles. The van der Waals surface area contributed by atoms with E-state index in [0.29, 0.717) is 22.6 Å². The highest BCUT2D eigenvalue weighted by molar-refractivity contribution is 7.99. The Balaban J connectivity index is 1.87. The number of nitrogens with one attached hydrogen (secondary N) is 1. The number of nitrogen functional groups attached to an aromatic ring is 1. The van der Waals surface area contributed by atoms with Crippen molar-refractivity contribution in [3.63, 3.8) is 0 Å². The summed E-state index contributed by atoms with van der Waals surface area (Å²) in [6.45, 7) is 3.48. The number of anilines is 1. The molecule has 0 aliphatic carbocycles. The van der Waals surface area contributed by atoms with Crippen molar-refractivity contribution in [2.75, 3.05) is 16.9 Å². The van der Waals surface area contributed by atoms with E-state index < -0.39 is 0 Å². The standard InChI is InChI=1S/C9H12N6O2S/c1-5-3-7(14-17-5)11-8(16)4-18-9-13-12-6(2)15(9)10/h3H,4,10H2,1-2H3,(H,11,14,16). The predicted molar refractivity (Wildman–Crippen MR) is 65.5 cm³/mol. The Kier molecular flexibility index (Phi) is 3.51. The zero-order valence-corrected chi connectivity index (χ0v) is 10.7. The highest BCUT2D eigenvalue weighted by atomic mass is 32.2. The van der Waals surface area contributed by atoms with Gasteiger partial charge in [-0.25, -0.2) is 4.68 Å². The Hall–Kier alpha value is -2.03. The number of hydrogen-bond acceptors (Lipinski definition) is 7. The fraction of sp³-hybridized carbons (Fsp3) is 0.333. The number of amides is 1. The fourth-order valence-electron chi connectivity index (χ4n) is 1.18. The summed E-state index contributed by atoms with van der Waals surface area (Å²) in [5.74, 6) is 7.23. The van der Waals surface area contributed by atoms with Crippen LogP contribution in [-0.2, 0) is 4.79 Å². The summed E-state index contributed by atoms with van der Waals surface area (Å²) in [7, 11) is 0. The Morgan fingerprint density at radius 3 is 2.89 bits per heavy atom. The molecule has 0 aliphatic heterocycles. The van der Waals surface area contributed by atoms with Crippen LogP contribution in [0.2, 0.25) is 0 Å². The molecule has 0 bridgehead atoms. The first-order valence-corrected chi connectivity index (χ1v) is 6.08. The van der Waals surface area contributed by atoms with Crippen LogP contribution >= 0.6 is 11.8 Å². The molecule has 0 saturated heterocycles. The predicted octanol–water partition coefficient (Wildman–Crippen LogP) is 0.328. The maximum absolute atomic E-state index is 11.6. The SMILES string of the molecule is Cc1cc(NC(=O)CSc2nnc(C)n2N)no1. The molecule has 96 valence electrons. The van der Waals surface area contributed by atoms with Gasteiger partial charge in [-0.2, -0.15) is 0 Å². The number of nitrogens with two attached hydrogens (primary N) is 1. The average molecular weight is 268 g/mol. The molecule has 0 spiro atoms. The summed E-state index contributed by atoms with van der Waals surface area (Å²) in [5.41, 5.74) is 0. The average Bonchev–Trinajstić information content (AvgIpc) is 2.86. The molecule has 0 radical (unpaired) electrons. The van der Waals surface area contributed by atoms with E-state index in [4.69, 9.17) is 10.4 Å². The maximum atomic E-state index is 11.6. The number of carbonyl (C=O) groups is 1. The highest BCUT2D eigenvalue weighted by Crippen LogP contribution is 2.15. The molecule has 0 unspecified atom stereocenters. The zero-order valence-electron chi connectivity index (χ0n) is 9.88. The molecule has 1 amide bonds. The van der Waals surface area contributed by atoms with E-state index in [1.807, 2.05) is 0 Å². The molecule has 0 aromatic carbocycles. The van der Waals surface area contributed by atoms with Gasteiger partial charge in [0.2, 0.25) is 11.1 Å². The highest BCUT2D eigenvalue weighted by Gasteiger charge is 2.11. The third-order valence-electron chi connectivity index (χ3n) is 2.06. The normalized spacial score (nSPS) is 10.6. The Morgan fingerprint density at radius 2 is 2.33 bits per heavy atom.